The standard InChI is InChI=1S/C13H14.2C2H6/c1-3-4-6-9-12(2)13-10-7-5-8-11-13;2*1-2/h3-11H,1H2,2H3;2*1-2H3/b6-4-,12-9+;;. The molecule has 1 aromatic rings. The molecule has 0 saturated carbocycles. The van der Waals surface area contributed by atoms with E-state index in [0.29, 0.717) is 0 Å². The van der Waals surface area contributed by atoms with E-state index in [2.05, 4.69) is 31.7 Å². The molecule has 0 fully saturated rings. The average molecular weight is 230 g/mol. The molecule has 0 radical (unpaired) electrons. The summed E-state index contributed by atoms with van der Waals surface area (Å²) in [4.78, 5) is 0. The van der Waals surface area contributed by atoms with E-state index in [9.17, 15) is 0 Å². The summed E-state index contributed by atoms with van der Waals surface area (Å²) in [6.07, 6.45) is 7.77. The van der Waals surface area contributed by atoms with Crippen LogP contribution in [0.5, 0.6) is 0 Å². The van der Waals surface area contributed by atoms with Crippen LogP contribution in [0.4, 0.5) is 0 Å². The van der Waals surface area contributed by atoms with E-state index in [1.165, 1.54) is 11.1 Å². The van der Waals surface area contributed by atoms with E-state index >= 15 is 0 Å². The van der Waals surface area contributed by atoms with Gasteiger partial charge in [-0.3, -0.25) is 0 Å². The lowest BCUT2D eigenvalue weighted by molar-refractivity contribution is 1.50. The Balaban J connectivity index is 0. The lowest BCUT2D eigenvalue weighted by Crippen LogP contribution is -1.75. The maximum Gasteiger partial charge on any atom is -0.0227 e. The van der Waals surface area contributed by atoms with Gasteiger partial charge in [-0.05, 0) is 18.1 Å². The van der Waals surface area contributed by atoms with Crippen LogP contribution in [0.15, 0.2) is 61.2 Å². The highest BCUT2D eigenvalue weighted by Crippen LogP contribution is 2.12. The smallest absolute Gasteiger partial charge is 0.0227 e. The molecule has 0 heteroatoms. The molecule has 17 heavy (non-hydrogen) atoms. The van der Waals surface area contributed by atoms with Gasteiger partial charge in [-0.2, -0.15) is 0 Å². The summed E-state index contributed by atoms with van der Waals surface area (Å²) in [5.41, 5.74) is 2.52. The maximum absolute atomic E-state index is 3.61. The van der Waals surface area contributed by atoms with Gasteiger partial charge in [-0.25, -0.2) is 0 Å². The highest BCUT2D eigenvalue weighted by Gasteiger charge is 1.89. The second-order valence-electron chi connectivity index (χ2n) is 2.84. The van der Waals surface area contributed by atoms with Crippen LogP contribution in [-0.4, -0.2) is 0 Å². The number of allylic oxidation sites excluding steroid dienone is 5. The first-order valence-electron chi connectivity index (χ1n) is 6.36. The maximum atomic E-state index is 3.61. The molecular weight excluding hydrogens is 204 g/mol. The van der Waals surface area contributed by atoms with Gasteiger partial charge in [0.2, 0.25) is 0 Å². The predicted octanol–water partition coefficient (Wildman–Crippen LogP) is 5.88. The molecule has 0 atom stereocenters. The monoisotopic (exact) mass is 230 g/mol. The third-order valence-corrected chi connectivity index (χ3v) is 1.82. The summed E-state index contributed by atoms with van der Waals surface area (Å²) in [6, 6.07) is 10.3. The predicted molar refractivity (Wildman–Crippen MR) is 82.1 cm³/mol. The summed E-state index contributed by atoms with van der Waals surface area (Å²) < 4.78 is 0. The van der Waals surface area contributed by atoms with Crippen LogP contribution in [0.3, 0.4) is 0 Å². The van der Waals surface area contributed by atoms with E-state index in [4.69, 9.17) is 0 Å². The van der Waals surface area contributed by atoms with Crippen molar-refractivity contribution in [3.05, 3.63) is 66.8 Å². The average Bonchev–Trinajstić information content (AvgIpc) is 2.44. The van der Waals surface area contributed by atoms with Crippen molar-refractivity contribution in [2.45, 2.75) is 34.6 Å². The number of benzene rings is 1. The Morgan fingerprint density at radius 3 is 1.94 bits per heavy atom. The lowest BCUT2D eigenvalue weighted by atomic mass is 10.1. The van der Waals surface area contributed by atoms with Crippen LogP contribution >= 0.6 is 0 Å². The van der Waals surface area contributed by atoms with Gasteiger partial charge in [0.25, 0.3) is 0 Å². The minimum Gasteiger partial charge on any atom is -0.0991 e. The van der Waals surface area contributed by atoms with E-state index in [0.717, 1.165) is 0 Å². The summed E-state index contributed by atoms with van der Waals surface area (Å²) in [5, 5.41) is 0. The third-order valence-electron chi connectivity index (χ3n) is 1.82. The van der Waals surface area contributed by atoms with E-state index in [1.807, 2.05) is 58.0 Å². The number of rotatable bonds is 3. The second-order valence-corrected chi connectivity index (χ2v) is 2.84. The SMILES string of the molecule is C=C/C=C\C=C(/C)c1ccccc1.CC.CC. The molecule has 0 amide bonds. The quantitative estimate of drug-likeness (QED) is 0.568. The van der Waals surface area contributed by atoms with Crippen molar-refractivity contribution in [2.24, 2.45) is 0 Å². The van der Waals surface area contributed by atoms with Gasteiger partial charge in [0.1, 0.15) is 0 Å². The normalized spacial score (nSPS) is 9.82. The molecule has 0 spiro atoms. The summed E-state index contributed by atoms with van der Waals surface area (Å²) in [7, 11) is 0. The molecule has 0 bridgehead atoms. The van der Waals surface area contributed by atoms with E-state index in [1.54, 1.807) is 6.08 Å². The molecule has 0 unspecified atom stereocenters. The Kier molecular flexibility index (Phi) is 15.1. The molecule has 0 aromatic heterocycles. The van der Waals surface area contributed by atoms with Crippen molar-refractivity contribution in [3.8, 4) is 0 Å². The second kappa shape index (κ2) is 14.4. The number of hydrogen-bond acceptors (Lipinski definition) is 0. The molecule has 94 valence electrons. The molecule has 0 aliphatic heterocycles. The largest absolute Gasteiger partial charge is 0.0991 e. The Bertz CT molecular complexity index is 315. The molecule has 0 aliphatic carbocycles. The number of hydrogen-bond donors (Lipinski definition) is 0. The minimum absolute atomic E-state index is 1.26. The van der Waals surface area contributed by atoms with Crippen molar-refractivity contribution in [1.82, 2.24) is 0 Å². The van der Waals surface area contributed by atoms with Crippen LogP contribution in [0.1, 0.15) is 40.2 Å². The highest BCUT2D eigenvalue weighted by atomic mass is 13.9. The van der Waals surface area contributed by atoms with Gasteiger partial charge < -0.3 is 0 Å². The van der Waals surface area contributed by atoms with Gasteiger partial charge in [-0.1, -0.05) is 88.9 Å². The Morgan fingerprint density at radius 2 is 1.47 bits per heavy atom. The minimum atomic E-state index is 1.26. The zero-order chi connectivity index (χ0) is 13.5. The topological polar surface area (TPSA) is 0 Å². The Labute approximate surface area is 107 Å². The van der Waals surface area contributed by atoms with Crippen LogP contribution in [0.25, 0.3) is 5.57 Å². The first-order valence-corrected chi connectivity index (χ1v) is 6.36. The Hall–Kier alpha value is -1.56. The van der Waals surface area contributed by atoms with Gasteiger partial charge in [0, 0.05) is 0 Å². The van der Waals surface area contributed by atoms with Crippen molar-refractivity contribution in [3.63, 3.8) is 0 Å². The molecule has 0 heterocycles. The van der Waals surface area contributed by atoms with E-state index < -0.39 is 0 Å². The molecule has 0 saturated heterocycles. The van der Waals surface area contributed by atoms with Crippen LogP contribution in [-0.2, 0) is 0 Å². The lowest BCUT2D eigenvalue weighted by Gasteiger charge is -1.97. The summed E-state index contributed by atoms with van der Waals surface area (Å²) >= 11 is 0. The van der Waals surface area contributed by atoms with E-state index in [-0.39, 0.29) is 0 Å². The van der Waals surface area contributed by atoms with Crippen LogP contribution < -0.4 is 0 Å². The summed E-state index contributed by atoms with van der Waals surface area (Å²) in [6.45, 7) is 13.7. The fraction of sp³-hybridized carbons (Fsp3) is 0.294. The molecule has 0 nitrogen and oxygen atoms in total. The molecular formula is C17H26. The van der Waals surface area contributed by atoms with Gasteiger partial charge in [0.05, 0.1) is 0 Å². The highest BCUT2D eigenvalue weighted by molar-refractivity contribution is 5.64. The first kappa shape index (κ1) is 17.8. The molecule has 1 rings (SSSR count). The fourth-order valence-corrected chi connectivity index (χ4v) is 1.08. The zero-order valence-electron chi connectivity index (χ0n) is 11.9. The van der Waals surface area contributed by atoms with Crippen molar-refractivity contribution < 1.29 is 0 Å². The molecule has 0 N–H and O–H groups in total. The zero-order valence-corrected chi connectivity index (χ0v) is 11.9. The molecule has 1 aromatic carbocycles. The fourth-order valence-electron chi connectivity index (χ4n) is 1.08. The first-order chi connectivity index (χ1) is 8.34. The van der Waals surface area contributed by atoms with Crippen molar-refractivity contribution in [1.29, 1.82) is 0 Å². The van der Waals surface area contributed by atoms with Crippen LogP contribution in [0, 0.1) is 0 Å². The van der Waals surface area contributed by atoms with Crippen molar-refractivity contribution in [2.75, 3.05) is 0 Å². The van der Waals surface area contributed by atoms with Crippen molar-refractivity contribution >= 4 is 5.57 Å². The van der Waals surface area contributed by atoms with Gasteiger partial charge in [0.15, 0.2) is 0 Å². The van der Waals surface area contributed by atoms with Gasteiger partial charge >= 0.3 is 0 Å². The van der Waals surface area contributed by atoms with Crippen LogP contribution in [0.2, 0.25) is 0 Å². The third kappa shape index (κ3) is 9.37. The Morgan fingerprint density at radius 1 is 0.941 bits per heavy atom. The summed E-state index contributed by atoms with van der Waals surface area (Å²) in [5.74, 6) is 0. The van der Waals surface area contributed by atoms with Gasteiger partial charge in [-0.15, -0.1) is 0 Å². The molecule has 0 aliphatic rings.